The molecular weight excluding hydrogens is 312 g/mol. The first-order chi connectivity index (χ1) is 7.58. The van der Waals surface area contributed by atoms with E-state index in [4.69, 9.17) is 16.7 Å². The summed E-state index contributed by atoms with van der Waals surface area (Å²) in [7, 11) is 0. The van der Waals surface area contributed by atoms with Crippen molar-refractivity contribution in [3.63, 3.8) is 0 Å². The van der Waals surface area contributed by atoms with Crippen molar-refractivity contribution in [1.29, 1.82) is 0 Å². The van der Waals surface area contributed by atoms with Crippen LogP contribution in [-0.4, -0.2) is 11.1 Å². The van der Waals surface area contributed by atoms with Crippen LogP contribution in [0.1, 0.15) is 9.67 Å². The molecule has 16 heavy (non-hydrogen) atoms. The number of aromatic carboxylic acids is 1. The second-order valence-corrected chi connectivity index (χ2v) is 5.50. The Hall–Kier alpha value is -0.840. The maximum atomic E-state index is 10.8. The molecule has 0 spiro atoms. The van der Waals surface area contributed by atoms with Gasteiger partial charge in [0.25, 0.3) is 0 Å². The molecule has 0 aliphatic carbocycles. The van der Waals surface area contributed by atoms with Crippen LogP contribution in [0.25, 0.3) is 10.4 Å². The lowest BCUT2D eigenvalue weighted by molar-refractivity contribution is 0.0702. The van der Waals surface area contributed by atoms with Gasteiger partial charge in [0.1, 0.15) is 4.88 Å². The number of hydrogen-bond donors (Lipinski definition) is 1. The maximum absolute atomic E-state index is 10.8. The SMILES string of the molecule is O=C(O)c1ccc(-c2ccc(Br)cc2Cl)s1. The minimum absolute atomic E-state index is 0.314. The lowest BCUT2D eigenvalue weighted by Crippen LogP contribution is -1.89. The summed E-state index contributed by atoms with van der Waals surface area (Å²) in [5, 5.41) is 9.43. The fourth-order valence-electron chi connectivity index (χ4n) is 1.29. The lowest BCUT2D eigenvalue weighted by atomic mass is 10.2. The zero-order valence-electron chi connectivity index (χ0n) is 7.91. The van der Waals surface area contributed by atoms with Gasteiger partial charge in [-0.2, -0.15) is 0 Å². The van der Waals surface area contributed by atoms with Gasteiger partial charge in [0.2, 0.25) is 0 Å². The Bertz CT molecular complexity index is 551. The lowest BCUT2D eigenvalue weighted by Gasteiger charge is -2.01. The van der Waals surface area contributed by atoms with Crippen molar-refractivity contribution in [3.05, 3.63) is 44.7 Å². The zero-order chi connectivity index (χ0) is 11.7. The van der Waals surface area contributed by atoms with E-state index in [1.807, 2.05) is 12.1 Å². The number of carbonyl (C=O) groups is 1. The van der Waals surface area contributed by atoms with Crippen LogP contribution in [0.3, 0.4) is 0 Å². The van der Waals surface area contributed by atoms with E-state index in [0.29, 0.717) is 9.90 Å². The van der Waals surface area contributed by atoms with Gasteiger partial charge in [-0.3, -0.25) is 0 Å². The molecule has 2 nitrogen and oxygen atoms in total. The molecule has 0 saturated heterocycles. The topological polar surface area (TPSA) is 37.3 Å². The average molecular weight is 318 g/mol. The molecule has 0 fully saturated rings. The standard InChI is InChI=1S/C11H6BrClO2S/c12-6-1-2-7(8(13)5-6)9-3-4-10(16-9)11(14)15/h1-5H,(H,14,15). The van der Waals surface area contributed by atoms with E-state index in [1.165, 1.54) is 11.3 Å². The summed E-state index contributed by atoms with van der Waals surface area (Å²) in [5.41, 5.74) is 0.849. The molecule has 2 aromatic rings. The normalized spacial score (nSPS) is 10.4. The number of hydrogen-bond acceptors (Lipinski definition) is 2. The van der Waals surface area contributed by atoms with Gasteiger partial charge in [-0.25, -0.2) is 4.79 Å². The van der Waals surface area contributed by atoms with Gasteiger partial charge < -0.3 is 5.11 Å². The molecule has 1 N–H and O–H groups in total. The van der Waals surface area contributed by atoms with Crippen molar-refractivity contribution in [2.75, 3.05) is 0 Å². The third-order valence-corrected chi connectivity index (χ3v) is 3.93. The van der Waals surface area contributed by atoms with Gasteiger partial charge in [-0.1, -0.05) is 33.6 Å². The highest BCUT2D eigenvalue weighted by molar-refractivity contribution is 9.10. The Morgan fingerprint density at radius 1 is 1.31 bits per heavy atom. The summed E-state index contributed by atoms with van der Waals surface area (Å²) in [6.45, 7) is 0. The number of benzene rings is 1. The Kier molecular flexibility index (Phi) is 3.33. The van der Waals surface area contributed by atoms with Crippen molar-refractivity contribution < 1.29 is 9.90 Å². The third kappa shape index (κ3) is 2.29. The smallest absolute Gasteiger partial charge is 0.345 e. The van der Waals surface area contributed by atoms with E-state index in [2.05, 4.69) is 15.9 Å². The van der Waals surface area contributed by atoms with E-state index < -0.39 is 5.97 Å². The molecule has 0 bridgehead atoms. The number of halogens is 2. The zero-order valence-corrected chi connectivity index (χ0v) is 11.1. The van der Waals surface area contributed by atoms with E-state index in [0.717, 1.165) is 14.9 Å². The molecule has 0 unspecified atom stereocenters. The monoisotopic (exact) mass is 316 g/mol. The van der Waals surface area contributed by atoms with Gasteiger partial charge >= 0.3 is 5.97 Å². The summed E-state index contributed by atoms with van der Waals surface area (Å²) >= 11 is 10.6. The fourth-order valence-corrected chi connectivity index (χ4v) is 3.00. The molecule has 1 aromatic heterocycles. The Labute approximate surface area is 110 Å². The van der Waals surface area contributed by atoms with Gasteiger partial charge in [0.15, 0.2) is 0 Å². The summed E-state index contributed by atoms with van der Waals surface area (Å²) < 4.78 is 0.899. The Morgan fingerprint density at radius 2 is 2.06 bits per heavy atom. The summed E-state index contributed by atoms with van der Waals surface area (Å²) in [4.78, 5) is 11.9. The van der Waals surface area contributed by atoms with Crippen LogP contribution < -0.4 is 0 Å². The van der Waals surface area contributed by atoms with Crippen LogP contribution in [0.5, 0.6) is 0 Å². The Balaban J connectivity index is 2.46. The van der Waals surface area contributed by atoms with Crippen LogP contribution in [-0.2, 0) is 0 Å². The van der Waals surface area contributed by atoms with Crippen molar-refractivity contribution in [2.45, 2.75) is 0 Å². The number of thiophene rings is 1. The van der Waals surface area contributed by atoms with Crippen molar-refractivity contribution in [1.82, 2.24) is 0 Å². The second kappa shape index (κ2) is 4.57. The van der Waals surface area contributed by atoms with Crippen LogP contribution >= 0.6 is 38.9 Å². The van der Waals surface area contributed by atoms with Crippen LogP contribution in [0.4, 0.5) is 0 Å². The van der Waals surface area contributed by atoms with Crippen LogP contribution in [0, 0.1) is 0 Å². The fraction of sp³-hybridized carbons (Fsp3) is 0. The predicted molar refractivity (Wildman–Crippen MR) is 69.4 cm³/mol. The molecule has 0 saturated carbocycles. The van der Waals surface area contributed by atoms with E-state index in [1.54, 1.807) is 18.2 Å². The van der Waals surface area contributed by atoms with Crippen LogP contribution in [0.2, 0.25) is 5.02 Å². The summed E-state index contributed by atoms with van der Waals surface area (Å²) in [5.74, 6) is -0.913. The largest absolute Gasteiger partial charge is 0.477 e. The summed E-state index contributed by atoms with van der Waals surface area (Å²) in [6.07, 6.45) is 0. The van der Waals surface area contributed by atoms with Crippen molar-refractivity contribution in [2.24, 2.45) is 0 Å². The highest BCUT2D eigenvalue weighted by atomic mass is 79.9. The van der Waals surface area contributed by atoms with E-state index in [-0.39, 0.29) is 0 Å². The first kappa shape index (κ1) is 11.6. The summed E-state index contributed by atoms with van der Waals surface area (Å²) in [6, 6.07) is 8.88. The molecule has 5 heteroatoms. The maximum Gasteiger partial charge on any atom is 0.345 e. The van der Waals surface area contributed by atoms with Gasteiger partial charge in [-0.05, 0) is 24.3 Å². The quantitative estimate of drug-likeness (QED) is 0.883. The molecule has 0 radical (unpaired) electrons. The number of carboxylic acid groups (broad SMARTS) is 1. The molecule has 2 rings (SSSR count). The minimum Gasteiger partial charge on any atom is -0.477 e. The molecule has 0 atom stereocenters. The van der Waals surface area contributed by atoms with Gasteiger partial charge in [-0.15, -0.1) is 11.3 Å². The second-order valence-electron chi connectivity index (χ2n) is 3.09. The highest BCUT2D eigenvalue weighted by Gasteiger charge is 2.10. The average Bonchev–Trinajstić information content (AvgIpc) is 2.66. The minimum atomic E-state index is -0.913. The number of rotatable bonds is 2. The van der Waals surface area contributed by atoms with Crippen molar-refractivity contribution in [3.8, 4) is 10.4 Å². The molecular formula is C11H6BrClO2S. The van der Waals surface area contributed by atoms with Gasteiger partial charge in [0.05, 0.1) is 5.02 Å². The van der Waals surface area contributed by atoms with Gasteiger partial charge in [0, 0.05) is 14.9 Å². The van der Waals surface area contributed by atoms with Crippen molar-refractivity contribution >= 4 is 44.8 Å². The van der Waals surface area contributed by atoms with Crippen LogP contribution in [0.15, 0.2) is 34.8 Å². The third-order valence-electron chi connectivity index (χ3n) is 2.01. The molecule has 1 aromatic carbocycles. The molecule has 1 heterocycles. The predicted octanol–water partition coefficient (Wildman–Crippen LogP) is 4.53. The van der Waals surface area contributed by atoms with E-state index in [9.17, 15) is 4.79 Å². The first-order valence-electron chi connectivity index (χ1n) is 4.36. The molecule has 0 aliphatic rings. The molecule has 0 aliphatic heterocycles. The molecule has 82 valence electrons. The van der Waals surface area contributed by atoms with E-state index >= 15 is 0 Å². The molecule has 0 amide bonds. The highest BCUT2D eigenvalue weighted by Crippen LogP contribution is 2.34. The number of carboxylic acids is 1. The Morgan fingerprint density at radius 3 is 2.62 bits per heavy atom. The first-order valence-corrected chi connectivity index (χ1v) is 6.35.